The molecule has 120 valence electrons. The molecule has 0 aromatic heterocycles. The summed E-state index contributed by atoms with van der Waals surface area (Å²) in [5, 5.41) is 18.7. The highest BCUT2D eigenvalue weighted by atomic mass is 16.5. The Bertz CT molecular complexity index is 538. The minimum atomic E-state index is -0.282. The lowest BCUT2D eigenvalue weighted by Gasteiger charge is -2.22. The number of phenols is 2. The van der Waals surface area contributed by atoms with Gasteiger partial charge in [0, 0.05) is 25.5 Å². The van der Waals surface area contributed by atoms with Gasteiger partial charge >= 0.3 is 5.97 Å². The predicted molar refractivity (Wildman–Crippen MR) is 81.8 cm³/mol. The van der Waals surface area contributed by atoms with E-state index in [0.717, 1.165) is 24.8 Å². The number of rotatable bonds is 7. The average Bonchev–Trinajstić information content (AvgIpc) is 2.47. The number of aromatic hydroxyl groups is 2. The number of cyclic esters (lactones) is 1. The Hall–Kier alpha value is -2.01. The van der Waals surface area contributed by atoms with Gasteiger partial charge in [-0.3, -0.25) is 0 Å². The minimum Gasteiger partial charge on any atom is -0.504 e. The molecule has 0 spiro atoms. The Morgan fingerprint density at radius 1 is 1.36 bits per heavy atom. The van der Waals surface area contributed by atoms with Crippen LogP contribution in [0.4, 0.5) is 0 Å². The molecule has 1 aliphatic rings. The molecule has 2 N–H and O–H groups in total. The molecule has 0 unspecified atom stereocenters. The van der Waals surface area contributed by atoms with Crippen molar-refractivity contribution < 1.29 is 24.5 Å². The van der Waals surface area contributed by atoms with Gasteiger partial charge in [0.05, 0.1) is 6.10 Å². The largest absolute Gasteiger partial charge is 0.504 e. The van der Waals surface area contributed by atoms with Crippen LogP contribution in [-0.2, 0) is 20.7 Å². The molecule has 5 heteroatoms. The second kappa shape index (κ2) is 7.84. The lowest BCUT2D eigenvalue weighted by molar-refractivity contribution is -0.145. The van der Waals surface area contributed by atoms with Gasteiger partial charge in [-0.2, -0.15) is 0 Å². The Morgan fingerprint density at radius 2 is 2.18 bits per heavy atom. The fraction of sp³-hybridized carbons (Fsp3) is 0.471. The summed E-state index contributed by atoms with van der Waals surface area (Å²) in [6.45, 7) is 2.57. The predicted octanol–water partition coefficient (Wildman–Crippen LogP) is 2.70. The van der Waals surface area contributed by atoms with Crippen LogP contribution in [0.25, 0.3) is 0 Å². The van der Waals surface area contributed by atoms with E-state index in [9.17, 15) is 15.0 Å². The first-order chi connectivity index (χ1) is 10.5. The molecule has 0 aliphatic carbocycles. The van der Waals surface area contributed by atoms with Crippen molar-refractivity contribution in [1.29, 1.82) is 0 Å². The van der Waals surface area contributed by atoms with Crippen molar-refractivity contribution in [3.05, 3.63) is 35.9 Å². The van der Waals surface area contributed by atoms with E-state index in [1.807, 2.05) is 13.0 Å². The first kappa shape index (κ1) is 16.4. The number of carbonyl (C=O) groups excluding carboxylic acids is 1. The zero-order valence-corrected chi connectivity index (χ0v) is 12.7. The van der Waals surface area contributed by atoms with Crippen molar-refractivity contribution in [3.63, 3.8) is 0 Å². The van der Waals surface area contributed by atoms with Gasteiger partial charge in [0.1, 0.15) is 6.10 Å². The molecular weight excluding hydrogens is 284 g/mol. The molecule has 0 amide bonds. The molecule has 0 fully saturated rings. The van der Waals surface area contributed by atoms with Crippen LogP contribution in [0.1, 0.15) is 31.7 Å². The summed E-state index contributed by atoms with van der Waals surface area (Å²) in [6, 6.07) is 4.83. The lowest BCUT2D eigenvalue weighted by Crippen LogP contribution is -2.25. The first-order valence-corrected chi connectivity index (χ1v) is 7.54. The third kappa shape index (κ3) is 5.07. The molecule has 1 heterocycles. The summed E-state index contributed by atoms with van der Waals surface area (Å²) in [5.41, 5.74) is 0.956. The average molecular weight is 306 g/mol. The van der Waals surface area contributed by atoms with Gasteiger partial charge in [0.2, 0.25) is 0 Å². The number of hydrogen-bond acceptors (Lipinski definition) is 5. The van der Waals surface area contributed by atoms with Crippen LogP contribution in [0.3, 0.4) is 0 Å². The number of esters is 1. The number of ether oxygens (including phenoxy) is 2. The maximum absolute atomic E-state index is 11.1. The lowest BCUT2D eigenvalue weighted by atomic mass is 10.1. The van der Waals surface area contributed by atoms with E-state index in [2.05, 4.69) is 0 Å². The standard InChI is InChI=1S/C17H22O5/c1-12(10-14-5-2-6-17(20)22-14)21-9-3-4-13-7-8-15(18)16(19)11-13/h2,6-8,11-12,14,18-19H,3-5,9-10H2,1H3/t12-,14+/m1/s1. The first-order valence-electron chi connectivity index (χ1n) is 7.54. The van der Waals surface area contributed by atoms with Gasteiger partial charge in [0.15, 0.2) is 11.5 Å². The van der Waals surface area contributed by atoms with Crippen molar-refractivity contribution in [2.24, 2.45) is 0 Å². The Kier molecular flexibility index (Phi) is 5.83. The van der Waals surface area contributed by atoms with E-state index < -0.39 is 0 Å². The van der Waals surface area contributed by atoms with Crippen molar-refractivity contribution in [1.82, 2.24) is 0 Å². The van der Waals surface area contributed by atoms with Crippen LogP contribution in [0, 0.1) is 0 Å². The van der Waals surface area contributed by atoms with E-state index in [1.54, 1.807) is 12.1 Å². The second-order valence-electron chi connectivity index (χ2n) is 5.54. The van der Waals surface area contributed by atoms with Gasteiger partial charge in [0.25, 0.3) is 0 Å². The highest BCUT2D eigenvalue weighted by molar-refractivity contribution is 5.82. The molecule has 22 heavy (non-hydrogen) atoms. The van der Waals surface area contributed by atoms with Crippen molar-refractivity contribution >= 4 is 5.97 Å². The van der Waals surface area contributed by atoms with Gasteiger partial charge in [-0.1, -0.05) is 12.1 Å². The molecular formula is C17H22O5. The third-order valence-corrected chi connectivity index (χ3v) is 3.58. The van der Waals surface area contributed by atoms with Crippen LogP contribution >= 0.6 is 0 Å². The summed E-state index contributed by atoms with van der Waals surface area (Å²) < 4.78 is 10.9. The van der Waals surface area contributed by atoms with E-state index in [4.69, 9.17) is 9.47 Å². The summed E-state index contributed by atoms with van der Waals surface area (Å²) in [7, 11) is 0. The maximum Gasteiger partial charge on any atom is 0.330 e. The molecule has 2 rings (SSSR count). The summed E-state index contributed by atoms with van der Waals surface area (Å²) in [5.74, 6) is -0.487. The smallest absolute Gasteiger partial charge is 0.330 e. The molecule has 0 bridgehead atoms. The molecule has 5 nitrogen and oxygen atoms in total. The minimum absolute atomic E-state index is 0.0255. The number of aryl methyl sites for hydroxylation is 1. The van der Waals surface area contributed by atoms with E-state index in [0.29, 0.717) is 13.0 Å². The normalized spacial score (nSPS) is 19.0. The van der Waals surface area contributed by atoms with Crippen molar-refractivity contribution in [2.75, 3.05) is 6.61 Å². The second-order valence-corrected chi connectivity index (χ2v) is 5.54. The van der Waals surface area contributed by atoms with Gasteiger partial charge in [-0.15, -0.1) is 0 Å². The number of hydrogen-bond donors (Lipinski definition) is 2. The molecule has 0 radical (unpaired) electrons. The zero-order valence-electron chi connectivity index (χ0n) is 12.7. The SMILES string of the molecule is C[C@H](C[C@@H]1CC=CC(=O)O1)OCCCc1ccc(O)c(O)c1. The fourth-order valence-corrected chi connectivity index (χ4v) is 2.44. The number of benzene rings is 1. The van der Waals surface area contributed by atoms with Crippen LogP contribution in [0.15, 0.2) is 30.4 Å². The zero-order chi connectivity index (χ0) is 15.9. The number of phenolic OH excluding ortho intramolecular Hbond substituents is 2. The molecule has 1 aromatic carbocycles. The number of carbonyl (C=O) groups is 1. The molecule has 0 saturated heterocycles. The molecule has 2 atom stereocenters. The topological polar surface area (TPSA) is 76.0 Å². The summed E-state index contributed by atoms with van der Waals surface area (Å²) >= 11 is 0. The quantitative estimate of drug-likeness (QED) is 0.460. The highest BCUT2D eigenvalue weighted by Crippen LogP contribution is 2.25. The van der Waals surface area contributed by atoms with Gasteiger partial charge in [-0.05, 0) is 37.5 Å². The van der Waals surface area contributed by atoms with Gasteiger partial charge < -0.3 is 19.7 Å². The highest BCUT2D eigenvalue weighted by Gasteiger charge is 2.18. The molecule has 1 aromatic rings. The van der Waals surface area contributed by atoms with Crippen LogP contribution in [-0.4, -0.2) is 35.0 Å². The van der Waals surface area contributed by atoms with Crippen molar-refractivity contribution in [3.8, 4) is 11.5 Å². The monoisotopic (exact) mass is 306 g/mol. The van der Waals surface area contributed by atoms with E-state index >= 15 is 0 Å². The van der Waals surface area contributed by atoms with E-state index in [1.165, 1.54) is 12.1 Å². The maximum atomic E-state index is 11.1. The van der Waals surface area contributed by atoms with Gasteiger partial charge in [-0.25, -0.2) is 4.79 Å². The molecule has 0 saturated carbocycles. The van der Waals surface area contributed by atoms with Crippen LogP contribution in [0.5, 0.6) is 11.5 Å². The van der Waals surface area contributed by atoms with E-state index in [-0.39, 0.29) is 29.7 Å². The third-order valence-electron chi connectivity index (χ3n) is 3.58. The molecule has 1 aliphatic heterocycles. The Morgan fingerprint density at radius 3 is 2.91 bits per heavy atom. The Labute approximate surface area is 130 Å². The summed E-state index contributed by atoms with van der Waals surface area (Å²) in [4.78, 5) is 11.1. The van der Waals surface area contributed by atoms with Crippen LogP contribution in [0.2, 0.25) is 0 Å². The van der Waals surface area contributed by atoms with Crippen molar-refractivity contribution in [2.45, 2.75) is 44.8 Å². The van der Waals surface area contributed by atoms with Crippen LogP contribution < -0.4 is 0 Å². The fourth-order valence-electron chi connectivity index (χ4n) is 2.44. The Balaban J connectivity index is 1.64. The summed E-state index contributed by atoms with van der Waals surface area (Å²) in [6.07, 6.45) is 6.23.